The van der Waals surface area contributed by atoms with Crippen LogP contribution in [-0.2, 0) is 9.47 Å². The van der Waals surface area contributed by atoms with Gasteiger partial charge in [-0.25, -0.2) is 8.78 Å². The Morgan fingerprint density at radius 2 is 1.79 bits per heavy atom. The molecule has 11 heteroatoms. The number of hydrogen-bond acceptors (Lipinski definition) is 7. The number of aromatic nitrogens is 1. The average Bonchev–Trinajstić information content (AvgIpc) is 3.06. The Morgan fingerprint density at radius 3 is 2.64 bits per heavy atom. The van der Waals surface area contributed by atoms with Gasteiger partial charge in [0.05, 0.1) is 38.5 Å². The molecular formula is C28H26F2N4O5. The summed E-state index contributed by atoms with van der Waals surface area (Å²) < 4.78 is 43.7. The predicted octanol–water partition coefficient (Wildman–Crippen LogP) is 2.65. The van der Waals surface area contributed by atoms with Crippen molar-refractivity contribution < 1.29 is 28.2 Å². The molecule has 5 heterocycles. The third-order valence-corrected chi connectivity index (χ3v) is 8.20. The summed E-state index contributed by atoms with van der Waals surface area (Å²) in [6, 6.07) is 9.82. The lowest BCUT2D eigenvalue weighted by atomic mass is 9.91. The second-order valence-corrected chi connectivity index (χ2v) is 10.3. The molecule has 2 aromatic carbocycles. The summed E-state index contributed by atoms with van der Waals surface area (Å²) in [5.74, 6) is -3.08. The first-order valence-electron chi connectivity index (χ1n) is 12.9. The molecule has 9 nitrogen and oxygen atoms in total. The van der Waals surface area contributed by atoms with Crippen LogP contribution in [0.15, 0.2) is 53.5 Å². The highest BCUT2D eigenvalue weighted by Gasteiger charge is 2.49. The van der Waals surface area contributed by atoms with Crippen LogP contribution >= 0.6 is 0 Å². The molecule has 4 atom stereocenters. The molecule has 39 heavy (non-hydrogen) atoms. The van der Waals surface area contributed by atoms with Crippen LogP contribution in [0, 0.1) is 11.6 Å². The van der Waals surface area contributed by atoms with Crippen molar-refractivity contribution in [2.45, 2.75) is 31.2 Å². The molecule has 0 aliphatic carbocycles. The van der Waals surface area contributed by atoms with E-state index in [1.165, 1.54) is 16.9 Å². The zero-order valence-electron chi connectivity index (χ0n) is 21.1. The number of carbonyl (C=O) groups is 1. The Morgan fingerprint density at radius 1 is 0.974 bits per heavy atom. The molecule has 2 fully saturated rings. The Balaban J connectivity index is 1.57. The van der Waals surface area contributed by atoms with Gasteiger partial charge in [0.1, 0.15) is 12.2 Å². The monoisotopic (exact) mass is 536 g/mol. The van der Waals surface area contributed by atoms with Gasteiger partial charge in [0.25, 0.3) is 5.91 Å². The van der Waals surface area contributed by atoms with Gasteiger partial charge >= 0.3 is 0 Å². The van der Waals surface area contributed by atoms with Gasteiger partial charge < -0.3 is 24.4 Å². The molecule has 4 aliphatic rings. The number of rotatable bonds is 1. The second-order valence-electron chi connectivity index (χ2n) is 10.3. The van der Waals surface area contributed by atoms with E-state index in [9.17, 15) is 19.1 Å². The second kappa shape index (κ2) is 8.78. The number of morpholine rings is 2. The highest BCUT2D eigenvalue weighted by molar-refractivity contribution is 5.97. The van der Waals surface area contributed by atoms with Crippen molar-refractivity contribution in [3.05, 3.63) is 92.9 Å². The maximum absolute atomic E-state index is 15.8. The summed E-state index contributed by atoms with van der Waals surface area (Å²) in [5, 5.41) is 12.7. The SMILES string of the molecule is CC1COCC2N1C(=O)c1c(O)c(=O)ccn1N2C1c2ccccc2N2CCOCC2c2c1ccc(F)c2F. The molecule has 0 bridgehead atoms. The fourth-order valence-electron chi connectivity index (χ4n) is 6.53. The van der Waals surface area contributed by atoms with Gasteiger partial charge in [-0.2, -0.15) is 0 Å². The summed E-state index contributed by atoms with van der Waals surface area (Å²) in [6.45, 7) is 3.32. The number of benzene rings is 2. The first-order valence-corrected chi connectivity index (χ1v) is 12.9. The van der Waals surface area contributed by atoms with Crippen molar-refractivity contribution in [1.82, 2.24) is 9.58 Å². The molecule has 0 radical (unpaired) electrons. The van der Waals surface area contributed by atoms with Crippen molar-refractivity contribution in [2.24, 2.45) is 0 Å². The summed E-state index contributed by atoms with van der Waals surface area (Å²) in [6.07, 6.45) is 0.774. The number of nitrogens with zero attached hydrogens (tertiary/aromatic N) is 4. The molecular weight excluding hydrogens is 510 g/mol. The van der Waals surface area contributed by atoms with Crippen LogP contribution in [0.25, 0.3) is 0 Å². The van der Waals surface area contributed by atoms with E-state index >= 15 is 4.39 Å². The number of pyridine rings is 1. The van der Waals surface area contributed by atoms with E-state index in [2.05, 4.69) is 0 Å². The summed E-state index contributed by atoms with van der Waals surface area (Å²) in [5.41, 5.74) is 1.43. The number of ether oxygens (including phenoxy) is 2. The Labute approximate surface area is 222 Å². The quantitative estimate of drug-likeness (QED) is 0.512. The highest BCUT2D eigenvalue weighted by Crippen LogP contribution is 2.48. The topological polar surface area (TPSA) is 87.5 Å². The largest absolute Gasteiger partial charge is 0.502 e. The minimum atomic E-state index is -0.962. The van der Waals surface area contributed by atoms with Crippen LogP contribution in [0.2, 0.25) is 0 Å². The van der Waals surface area contributed by atoms with Crippen LogP contribution in [0.5, 0.6) is 5.75 Å². The van der Waals surface area contributed by atoms with Gasteiger partial charge in [-0.05, 0) is 24.6 Å². The van der Waals surface area contributed by atoms with E-state index < -0.39 is 47.0 Å². The Bertz CT molecular complexity index is 1560. The number of anilines is 1. The van der Waals surface area contributed by atoms with E-state index in [1.54, 1.807) is 11.0 Å². The van der Waals surface area contributed by atoms with Crippen molar-refractivity contribution in [3.63, 3.8) is 0 Å². The molecule has 1 amide bonds. The van der Waals surface area contributed by atoms with E-state index in [1.807, 2.05) is 41.1 Å². The normalized spacial score (nSPS) is 25.7. The number of halogens is 2. The van der Waals surface area contributed by atoms with Gasteiger partial charge in [-0.1, -0.05) is 24.3 Å². The minimum absolute atomic E-state index is 0.135. The standard InChI is InChI=1S/C28H26F2N4O5/c1-15-12-39-14-22-33(15)28(37)26-27(36)21(35)8-9-32(26)34(22)25-16-4-2-3-5-19(16)31-10-11-38-13-20(31)23-17(25)6-7-18(29)24(23)30/h2-9,15,20,22,25,36H,10-14H2,1H3. The minimum Gasteiger partial charge on any atom is -0.502 e. The van der Waals surface area contributed by atoms with Gasteiger partial charge in [0.2, 0.25) is 5.43 Å². The molecule has 0 spiro atoms. The third-order valence-electron chi connectivity index (χ3n) is 8.20. The fraction of sp³-hybridized carbons (Fsp3) is 0.357. The van der Waals surface area contributed by atoms with Crippen molar-refractivity contribution in [3.8, 4) is 5.75 Å². The van der Waals surface area contributed by atoms with E-state index in [0.717, 1.165) is 17.3 Å². The first kappa shape index (κ1) is 24.1. The predicted molar refractivity (Wildman–Crippen MR) is 136 cm³/mol. The number of hydrogen-bond donors (Lipinski definition) is 1. The molecule has 1 aromatic heterocycles. The molecule has 1 N–H and O–H groups in total. The lowest BCUT2D eigenvalue weighted by Crippen LogP contribution is -2.68. The number of aromatic hydroxyl groups is 1. The summed E-state index contributed by atoms with van der Waals surface area (Å²) >= 11 is 0. The average molecular weight is 537 g/mol. The number of amides is 1. The lowest BCUT2D eigenvalue weighted by Gasteiger charge is -2.53. The lowest BCUT2D eigenvalue weighted by molar-refractivity contribution is -0.0468. The molecule has 0 saturated carbocycles. The number of fused-ring (bicyclic) bond motifs is 7. The maximum atomic E-state index is 15.8. The van der Waals surface area contributed by atoms with E-state index in [4.69, 9.17) is 9.47 Å². The van der Waals surface area contributed by atoms with Gasteiger partial charge in [0, 0.05) is 35.6 Å². The van der Waals surface area contributed by atoms with E-state index in [0.29, 0.717) is 18.7 Å². The van der Waals surface area contributed by atoms with Gasteiger partial charge in [-0.15, -0.1) is 0 Å². The highest BCUT2D eigenvalue weighted by atomic mass is 19.2. The zero-order valence-corrected chi connectivity index (χ0v) is 21.1. The number of carbonyl (C=O) groups excluding carboxylic acids is 1. The molecule has 2 saturated heterocycles. The maximum Gasteiger partial charge on any atom is 0.278 e. The van der Waals surface area contributed by atoms with Crippen molar-refractivity contribution >= 4 is 11.6 Å². The van der Waals surface area contributed by atoms with Crippen LogP contribution in [0.1, 0.15) is 46.2 Å². The van der Waals surface area contributed by atoms with Crippen LogP contribution in [0.4, 0.5) is 14.5 Å². The molecule has 4 unspecified atom stereocenters. The van der Waals surface area contributed by atoms with Crippen LogP contribution in [0.3, 0.4) is 0 Å². The van der Waals surface area contributed by atoms with E-state index in [-0.39, 0.29) is 37.1 Å². The molecule has 202 valence electrons. The Kier molecular flexibility index (Phi) is 5.43. The van der Waals surface area contributed by atoms with Crippen molar-refractivity contribution in [2.75, 3.05) is 42.9 Å². The summed E-state index contributed by atoms with van der Waals surface area (Å²) in [7, 11) is 0. The number of para-hydroxylation sites is 1. The fourth-order valence-corrected chi connectivity index (χ4v) is 6.53. The smallest absolute Gasteiger partial charge is 0.278 e. The van der Waals surface area contributed by atoms with Crippen LogP contribution in [-0.4, -0.2) is 65.8 Å². The Hall–Kier alpha value is -3.96. The first-order chi connectivity index (χ1) is 18.9. The molecule has 7 rings (SSSR count). The third kappa shape index (κ3) is 3.36. The zero-order chi connectivity index (χ0) is 27.0. The molecule has 4 aliphatic heterocycles. The van der Waals surface area contributed by atoms with Gasteiger partial charge in [0.15, 0.2) is 23.1 Å². The summed E-state index contributed by atoms with van der Waals surface area (Å²) in [4.78, 5) is 29.8. The van der Waals surface area contributed by atoms with Crippen LogP contribution < -0.4 is 15.3 Å². The van der Waals surface area contributed by atoms with Gasteiger partial charge in [-0.3, -0.25) is 19.3 Å². The molecule has 3 aromatic rings. The van der Waals surface area contributed by atoms with Crippen molar-refractivity contribution in [1.29, 1.82) is 0 Å².